The summed E-state index contributed by atoms with van der Waals surface area (Å²) in [4.78, 5) is 19.7. The number of hydrogen-bond acceptors (Lipinski definition) is 8. The number of pyridine rings is 1. The molecule has 39 heavy (non-hydrogen) atoms. The van der Waals surface area contributed by atoms with Crippen molar-refractivity contribution in [2.24, 2.45) is 5.73 Å². The van der Waals surface area contributed by atoms with Crippen LogP contribution in [0.25, 0.3) is 0 Å². The van der Waals surface area contributed by atoms with E-state index in [1.54, 1.807) is 28.9 Å². The number of piperazine rings is 1. The van der Waals surface area contributed by atoms with Crippen molar-refractivity contribution in [3.8, 4) is 0 Å². The van der Waals surface area contributed by atoms with E-state index in [0.29, 0.717) is 18.8 Å². The molecule has 1 aromatic carbocycles. The second-order valence-corrected chi connectivity index (χ2v) is 12.4. The third-order valence-electron chi connectivity index (χ3n) is 7.23. The number of carbonyl (C=O) groups is 1. The van der Waals surface area contributed by atoms with E-state index in [-0.39, 0.29) is 78.6 Å². The lowest BCUT2D eigenvalue weighted by Gasteiger charge is -2.36. The Morgan fingerprint density at radius 2 is 1.82 bits per heavy atom. The van der Waals surface area contributed by atoms with Crippen LogP contribution in [0.1, 0.15) is 18.9 Å². The van der Waals surface area contributed by atoms with Crippen LogP contribution in [0.3, 0.4) is 0 Å². The molecule has 2 aromatic rings. The molecule has 0 radical (unpaired) electrons. The summed E-state index contributed by atoms with van der Waals surface area (Å²) in [5, 5.41) is 2.88. The quantitative estimate of drug-likeness (QED) is 0.493. The predicted octanol–water partition coefficient (Wildman–Crippen LogP) is 1.78. The first-order chi connectivity index (χ1) is 18.4. The zero-order chi connectivity index (χ0) is 27.9. The van der Waals surface area contributed by atoms with Crippen LogP contribution in [0, 0.1) is 0 Å². The molecule has 1 aromatic heterocycles. The van der Waals surface area contributed by atoms with Crippen LogP contribution in [-0.2, 0) is 25.5 Å². The molecule has 4 heterocycles. The molecular weight excluding hydrogens is 554 g/mol. The molecule has 3 atom stereocenters. The maximum absolute atomic E-state index is 15.3. The van der Waals surface area contributed by atoms with E-state index in [4.69, 9.17) is 22.1 Å². The first-order valence-corrected chi connectivity index (χ1v) is 14.6. The number of benzene rings is 1. The number of morpholine rings is 1. The zero-order valence-electron chi connectivity index (χ0n) is 21.4. The summed E-state index contributed by atoms with van der Waals surface area (Å²) in [7, 11) is -3.80. The predicted molar refractivity (Wildman–Crippen MR) is 143 cm³/mol. The first kappa shape index (κ1) is 28.1. The second-order valence-electron chi connectivity index (χ2n) is 10.1. The maximum Gasteiger partial charge on any atom is 0.300 e. The van der Waals surface area contributed by atoms with Gasteiger partial charge in [0.25, 0.3) is 5.92 Å². The fraction of sp³-hybridized carbons (Fsp3) is 0.520. The number of halogens is 3. The van der Waals surface area contributed by atoms with E-state index < -0.39 is 22.0 Å². The maximum atomic E-state index is 15.3. The summed E-state index contributed by atoms with van der Waals surface area (Å²) in [5.41, 5.74) is 6.15. The Labute approximate surface area is 231 Å². The highest BCUT2D eigenvalue weighted by Gasteiger charge is 2.45. The molecule has 3 aliphatic rings. The zero-order valence-corrected chi connectivity index (χ0v) is 23.0. The summed E-state index contributed by atoms with van der Waals surface area (Å²) >= 11 is 6.14. The Morgan fingerprint density at radius 1 is 1.13 bits per heavy atom. The van der Waals surface area contributed by atoms with Crippen molar-refractivity contribution in [2.75, 3.05) is 55.6 Å². The van der Waals surface area contributed by atoms with Gasteiger partial charge in [0.05, 0.1) is 11.0 Å². The molecule has 3 saturated heterocycles. The van der Waals surface area contributed by atoms with Crippen molar-refractivity contribution in [3.05, 3.63) is 47.1 Å². The number of nitrogens with two attached hydrogens (primary N) is 1. The summed E-state index contributed by atoms with van der Waals surface area (Å²) in [6.45, 7) is 3.38. The molecule has 0 spiro atoms. The van der Waals surface area contributed by atoms with Crippen molar-refractivity contribution in [1.29, 1.82) is 0 Å². The minimum Gasteiger partial charge on any atom is -0.366 e. The standard InChI is InChI=1S/C25H31ClF2N6O4S/c1-16-13-30-14-21(38-16)25(27,28)17-10-22(26)31-23(11-17)32-6-8-33(9-7-32)39(36,37)20-4-2-19(3-5-20)34-15-18(29)12-24(34)35/h2-5,10-11,16,18,21,30H,6-9,12-15,29H2,1H3/t16-,18+,21?/m0/s1. The molecule has 5 rings (SSSR count). The largest absolute Gasteiger partial charge is 0.366 e. The van der Waals surface area contributed by atoms with Crippen LogP contribution < -0.4 is 20.9 Å². The SMILES string of the molecule is C[C@H]1CNCC(C(F)(F)c2cc(Cl)nc(N3CCN(S(=O)(=O)c4ccc(N5C[C@H](N)CC5=O)cc4)CC3)c2)O1. The third kappa shape index (κ3) is 5.74. The average Bonchev–Trinajstić information content (AvgIpc) is 3.26. The Bertz CT molecular complexity index is 1320. The van der Waals surface area contributed by atoms with Crippen molar-refractivity contribution >= 4 is 39.0 Å². The van der Waals surface area contributed by atoms with Crippen LogP contribution in [0.5, 0.6) is 0 Å². The highest BCUT2D eigenvalue weighted by molar-refractivity contribution is 7.89. The van der Waals surface area contributed by atoms with Gasteiger partial charge in [-0.2, -0.15) is 13.1 Å². The van der Waals surface area contributed by atoms with Crippen LogP contribution >= 0.6 is 11.6 Å². The van der Waals surface area contributed by atoms with E-state index in [2.05, 4.69) is 10.3 Å². The number of nitrogens with zero attached hydrogens (tertiary/aromatic N) is 4. The minimum atomic E-state index is -3.80. The highest BCUT2D eigenvalue weighted by atomic mass is 35.5. The molecule has 212 valence electrons. The van der Waals surface area contributed by atoms with E-state index >= 15 is 8.78 Å². The Balaban J connectivity index is 1.27. The Kier molecular flexibility index (Phi) is 7.83. The summed E-state index contributed by atoms with van der Waals surface area (Å²) in [6, 6.07) is 8.35. The van der Waals surface area contributed by atoms with Gasteiger partial charge >= 0.3 is 0 Å². The molecule has 10 nitrogen and oxygen atoms in total. The highest BCUT2D eigenvalue weighted by Crippen LogP contribution is 2.37. The Hall–Kier alpha value is -2.42. The van der Waals surface area contributed by atoms with Gasteiger partial charge in [0.2, 0.25) is 15.9 Å². The van der Waals surface area contributed by atoms with Gasteiger partial charge in [-0.05, 0) is 43.3 Å². The van der Waals surface area contributed by atoms with Crippen LogP contribution in [0.2, 0.25) is 5.15 Å². The average molecular weight is 585 g/mol. The van der Waals surface area contributed by atoms with E-state index in [1.165, 1.54) is 22.5 Å². The normalized spacial score (nSPS) is 25.4. The van der Waals surface area contributed by atoms with Gasteiger partial charge in [0.15, 0.2) is 0 Å². The molecule has 0 bridgehead atoms. The van der Waals surface area contributed by atoms with Gasteiger partial charge in [0.1, 0.15) is 17.1 Å². The molecule has 3 fully saturated rings. The molecule has 0 saturated carbocycles. The topological polar surface area (TPSA) is 121 Å². The molecule has 3 aliphatic heterocycles. The molecule has 1 amide bonds. The number of alkyl halides is 2. The molecule has 14 heteroatoms. The summed E-state index contributed by atoms with van der Waals surface area (Å²) < 4.78 is 64.0. The number of aromatic nitrogens is 1. The number of rotatable bonds is 6. The number of nitrogens with one attached hydrogen (secondary N) is 1. The summed E-state index contributed by atoms with van der Waals surface area (Å²) in [5.74, 6) is -3.14. The smallest absolute Gasteiger partial charge is 0.300 e. The number of anilines is 2. The van der Waals surface area contributed by atoms with Crippen LogP contribution in [0.15, 0.2) is 41.3 Å². The van der Waals surface area contributed by atoms with Crippen molar-refractivity contribution in [3.63, 3.8) is 0 Å². The fourth-order valence-electron chi connectivity index (χ4n) is 5.12. The molecular formula is C25H31ClF2N6O4S. The van der Waals surface area contributed by atoms with Crippen molar-refractivity contribution in [2.45, 2.75) is 42.4 Å². The van der Waals surface area contributed by atoms with Gasteiger partial charge in [-0.15, -0.1) is 0 Å². The monoisotopic (exact) mass is 584 g/mol. The molecule has 0 aliphatic carbocycles. The lowest BCUT2D eigenvalue weighted by atomic mass is 10.0. The lowest BCUT2D eigenvalue weighted by Crippen LogP contribution is -2.51. The van der Waals surface area contributed by atoms with E-state index in [9.17, 15) is 13.2 Å². The first-order valence-electron chi connectivity index (χ1n) is 12.8. The van der Waals surface area contributed by atoms with Crippen LogP contribution in [0.4, 0.5) is 20.3 Å². The van der Waals surface area contributed by atoms with E-state index in [0.717, 1.165) is 6.07 Å². The van der Waals surface area contributed by atoms with Crippen LogP contribution in [-0.4, -0.2) is 87.7 Å². The van der Waals surface area contributed by atoms with E-state index in [1.807, 2.05) is 0 Å². The number of sulfonamides is 1. The number of hydrogen-bond donors (Lipinski definition) is 2. The Morgan fingerprint density at radius 3 is 2.44 bits per heavy atom. The lowest BCUT2D eigenvalue weighted by molar-refractivity contribution is -0.172. The number of carbonyl (C=O) groups excluding carboxylic acids is 1. The van der Waals surface area contributed by atoms with Crippen molar-refractivity contribution in [1.82, 2.24) is 14.6 Å². The minimum absolute atomic E-state index is 0.00596. The fourth-order valence-corrected chi connectivity index (χ4v) is 6.75. The van der Waals surface area contributed by atoms with Gasteiger partial charge in [-0.25, -0.2) is 13.4 Å². The van der Waals surface area contributed by atoms with Gasteiger partial charge < -0.3 is 25.6 Å². The van der Waals surface area contributed by atoms with Gasteiger partial charge in [-0.3, -0.25) is 4.79 Å². The number of amides is 1. The third-order valence-corrected chi connectivity index (χ3v) is 9.34. The van der Waals surface area contributed by atoms with Gasteiger partial charge in [-0.1, -0.05) is 11.6 Å². The number of ether oxygens (including phenoxy) is 1. The van der Waals surface area contributed by atoms with Crippen molar-refractivity contribution < 1.29 is 26.7 Å². The summed E-state index contributed by atoms with van der Waals surface area (Å²) in [6.07, 6.45) is -1.43. The molecule has 1 unspecified atom stereocenters. The van der Waals surface area contributed by atoms with Gasteiger partial charge in [0, 0.05) is 69.5 Å². The second kappa shape index (κ2) is 10.9. The molecule has 3 N–H and O–H groups in total.